The van der Waals surface area contributed by atoms with Crippen molar-refractivity contribution in [2.45, 2.75) is 13.8 Å². The fraction of sp³-hybridized carbons (Fsp3) is 0.333. The van der Waals surface area contributed by atoms with Gasteiger partial charge in [0.15, 0.2) is 10.9 Å². The molecular weight excluding hydrogens is 396 g/mol. The number of para-hydroxylation sites is 1. The third-order valence-corrected chi connectivity index (χ3v) is 5.77. The summed E-state index contributed by atoms with van der Waals surface area (Å²) < 4.78 is 33.5. The van der Waals surface area contributed by atoms with E-state index in [9.17, 15) is 13.6 Å². The maximum Gasteiger partial charge on any atom is 0.263 e. The van der Waals surface area contributed by atoms with Gasteiger partial charge in [0.25, 0.3) is 5.91 Å². The molecule has 1 heterocycles. The highest BCUT2D eigenvalue weighted by Gasteiger charge is 2.25. The number of nitrogens with zero attached hydrogens (tertiary/aromatic N) is 3. The number of hydrogen-bond acceptors (Lipinski definition) is 5. The molecular formula is C21H23F2N3O2S. The number of likely N-dealkylation sites (N-methyl/N-ethyl adjacent to an activating group) is 1. The molecule has 0 fully saturated rings. The average Bonchev–Trinajstić information content (AvgIpc) is 3.14. The molecule has 0 N–H and O–H groups in total. The Morgan fingerprint density at radius 1 is 1.14 bits per heavy atom. The van der Waals surface area contributed by atoms with Gasteiger partial charge in [-0.1, -0.05) is 37.3 Å². The van der Waals surface area contributed by atoms with Crippen LogP contribution in [-0.4, -0.2) is 49.1 Å². The highest BCUT2D eigenvalue weighted by molar-refractivity contribution is 7.22. The SMILES string of the molecule is CCN(CC)CCN(C(=O)c1ccccc1OC)c1nc2c(F)cc(F)cc2s1. The van der Waals surface area contributed by atoms with Crippen LogP contribution in [-0.2, 0) is 0 Å². The predicted octanol–water partition coefficient (Wildman–Crippen LogP) is 4.57. The van der Waals surface area contributed by atoms with Crippen LogP contribution in [0.25, 0.3) is 10.2 Å². The van der Waals surface area contributed by atoms with E-state index in [2.05, 4.69) is 9.88 Å². The van der Waals surface area contributed by atoms with Crippen molar-refractivity contribution in [2.75, 3.05) is 38.2 Å². The number of hydrogen-bond donors (Lipinski definition) is 0. The van der Waals surface area contributed by atoms with E-state index in [-0.39, 0.29) is 11.4 Å². The van der Waals surface area contributed by atoms with Crippen LogP contribution in [0, 0.1) is 11.6 Å². The maximum absolute atomic E-state index is 14.2. The topological polar surface area (TPSA) is 45.7 Å². The van der Waals surface area contributed by atoms with E-state index in [0.717, 1.165) is 30.5 Å². The molecule has 0 radical (unpaired) electrons. The zero-order chi connectivity index (χ0) is 21.0. The molecule has 3 rings (SSSR count). The van der Waals surface area contributed by atoms with Crippen LogP contribution in [0.1, 0.15) is 24.2 Å². The van der Waals surface area contributed by atoms with Crippen molar-refractivity contribution in [1.82, 2.24) is 9.88 Å². The molecule has 1 aromatic heterocycles. The molecule has 8 heteroatoms. The van der Waals surface area contributed by atoms with Gasteiger partial charge in [-0.15, -0.1) is 0 Å². The molecule has 0 aliphatic rings. The Hall–Kier alpha value is -2.58. The van der Waals surface area contributed by atoms with E-state index in [1.165, 1.54) is 18.1 Å². The highest BCUT2D eigenvalue weighted by atomic mass is 32.1. The van der Waals surface area contributed by atoms with Crippen molar-refractivity contribution in [2.24, 2.45) is 0 Å². The van der Waals surface area contributed by atoms with Gasteiger partial charge in [-0.3, -0.25) is 9.69 Å². The standard InChI is InChI=1S/C21H23F2N3O2S/c1-4-25(5-2)10-11-26(20(27)15-8-6-7-9-17(15)28-3)21-24-19-16(23)12-14(22)13-18(19)29-21/h6-9,12-13H,4-5,10-11H2,1-3H3. The number of halogens is 2. The summed E-state index contributed by atoms with van der Waals surface area (Å²) in [6.45, 7) is 6.76. The number of fused-ring (bicyclic) bond motifs is 1. The quantitative estimate of drug-likeness (QED) is 0.537. The van der Waals surface area contributed by atoms with E-state index < -0.39 is 11.6 Å². The van der Waals surface area contributed by atoms with Crippen LogP contribution in [0.15, 0.2) is 36.4 Å². The summed E-state index contributed by atoms with van der Waals surface area (Å²) in [7, 11) is 1.50. The number of carbonyl (C=O) groups is 1. The minimum absolute atomic E-state index is 0.0621. The normalized spacial score (nSPS) is 11.2. The summed E-state index contributed by atoms with van der Waals surface area (Å²) in [6.07, 6.45) is 0. The Morgan fingerprint density at radius 2 is 1.86 bits per heavy atom. The van der Waals surface area contributed by atoms with E-state index in [0.29, 0.717) is 34.2 Å². The first-order valence-electron chi connectivity index (χ1n) is 9.41. The summed E-state index contributed by atoms with van der Waals surface area (Å²) in [5.41, 5.74) is 0.451. The fourth-order valence-corrected chi connectivity index (χ4v) is 4.12. The summed E-state index contributed by atoms with van der Waals surface area (Å²) in [6, 6.07) is 8.96. The van der Waals surface area contributed by atoms with Crippen LogP contribution in [0.2, 0.25) is 0 Å². The van der Waals surface area contributed by atoms with Gasteiger partial charge < -0.3 is 9.64 Å². The van der Waals surface area contributed by atoms with Gasteiger partial charge in [0.1, 0.15) is 17.1 Å². The van der Waals surface area contributed by atoms with E-state index in [1.54, 1.807) is 24.3 Å². The van der Waals surface area contributed by atoms with Gasteiger partial charge in [0, 0.05) is 19.2 Å². The molecule has 2 aromatic carbocycles. The van der Waals surface area contributed by atoms with Crippen molar-refractivity contribution in [3.05, 3.63) is 53.6 Å². The monoisotopic (exact) mass is 419 g/mol. The lowest BCUT2D eigenvalue weighted by atomic mass is 10.1. The van der Waals surface area contributed by atoms with Crippen LogP contribution in [0.4, 0.5) is 13.9 Å². The molecule has 0 atom stereocenters. The van der Waals surface area contributed by atoms with Crippen LogP contribution >= 0.6 is 11.3 Å². The van der Waals surface area contributed by atoms with Gasteiger partial charge in [-0.25, -0.2) is 13.8 Å². The van der Waals surface area contributed by atoms with E-state index >= 15 is 0 Å². The van der Waals surface area contributed by atoms with Crippen molar-refractivity contribution < 1.29 is 18.3 Å². The van der Waals surface area contributed by atoms with Gasteiger partial charge >= 0.3 is 0 Å². The average molecular weight is 419 g/mol. The van der Waals surface area contributed by atoms with Crippen molar-refractivity contribution >= 4 is 32.6 Å². The Balaban J connectivity index is 2.03. The number of thiazole rings is 1. The van der Waals surface area contributed by atoms with Crippen LogP contribution in [0.3, 0.4) is 0 Å². The van der Waals surface area contributed by atoms with Crippen LogP contribution < -0.4 is 9.64 Å². The zero-order valence-corrected chi connectivity index (χ0v) is 17.4. The summed E-state index contributed by atoms with van der Waals surface area (Å²) in [5.74, 6) is -1.26. The summed E-state index contributed by atoms with van der Waals surface area (Å²) >= 11 is 1.09. The molecule has 3 aromatic rings. The number of rotatable bonds is 8. The number of anilines is 1. The number of carbonyl (C=O) groups excluding carboxylic acids is 1. The number of amides is 1. The maximum atomic E-state index is 14.2. The molecule has 0 bridgehead atoms. The number of benzene rings is 2. The molecule has 5 nitrogen and oxygen atoms in total. The van der Waals surface area contributed by atoms with Gasteiger partial charge in [0.05, 0.1) is 17.4 Å². The summed E-state index contributed by atoms with van der Waals surface area (Å²) in [4.78, 5) is 21.4. The zero-order valence-electron chi connectivity index (χ0n) is 16.6. The smallest absolute Gasteiger partial charge is 0.263 e. The second kappa shape index (κ2) is 9.28. The van der Waals surface area contributed by atoms with Crippen molar-refractivity contribution in [3.8, 4) is 5.75 Å². The summed E-state index contributed by atoms with van der Waals surface area (Å²) in [5, 5.41) is 0.326. The van der Waals surface area contributed by atoms with Crippen LogP contribution in [0.5, 0.6) is 5.75 Å². The molecule has 0 saturated heterocycles. The molecule has 0 saturated carbocycles. The second-order valence-electron chi connectivity index (χ2n) is 6.41. The fourth-order valence-electron chi connectivity index (χ4n) is 3.09. The lowest BCUT2D eigenvalue weighted by Crippen LogP contribution is -2.39. The van der Waals surface area contributed by atoms with Crippen molar-refractivity contribution in [1.29, 1.82) is 0 Å². The largest absolute Gasteiger partial charge is 0.496 e. The molecule has 154 valence electrons. The second-order valence-corrected chi connectivity index (χ2v) is 7.42. The molecule has 29 heavy (non-hydrogen) atoms. The lowest BCUT2D eigenvalue weighted by molar-refractivity contribution is 0.0981. The van der Waals surface area contributed by atoms with Gasteiger partial charge in [-0.2, -0.15) is 0 Å². The Labute approximate surface area is 172 Å². The molecule has 1 amide bonds. The molecule has 0 unspecified atom stereocenters. The number of aromatic nitrogens is 1. The molecule has 0 aliphatic heterocycles. The Morgan fingerprint density at radius 3 is 2.55 bits per heavy atom. The minimum atomic E-state index is -0.740. The van der Waals surface area contributed by atoms with E-state index in [4.69, 9.17) is 4.74 Å². The Kier molecular flexibility index (Phi) is 6.76. The van der Waals surface area contributed by atoms with Gasteiger partial charge in [-0.05, 0) is 31.3 Å². The Bertz CT molecular complexity index is 1000. The minimum Gasteiger partial charge on any atom is -0.496 e. The van der Waals surface area contributed by atoms with Crippen molar-refractivity contribution in [3.63, 3.8) is 0 Å². The molecule has 0 aliphatic carbocycles. The predicted molar refractivity (Wildman–Crippen MR) is 112 cm³/mol. The van der Waals surface area contributed by atoms with Gasteiger partial charge in [0.2, 0.25) is 0 Å². The highest BCUT2D eigenvalue weighted by Crippen LogP contribution is 2.32. The first-order chi connectivity index (χ1) is 14.0. The third kappa shape index (κ3) is 4.54. The number of methoxy groups -OCH3 is 1. The first-order valence-corrected chi connectivity index (χ1v) is 10.2. The number of ether oxygens (including phenoxy) is 1. The lowest BCUT2D eigenvalue weighted by Gasteiger charge is -2.25. The molecule has 0 spiro atoms. The third-order valence-electron chi connectivity index (χ3n) is 4.75. The van der Waals surface area contributed by atoms with E-state index in [1.807, 2.05) is 13.8 Å². The first kappa shape index (κ1) is 21.1.